The van der Waals surface area contributed by atoms with Gasteiger partial charge in [-0.15, -0.1) is 0 Å². The number of nitrogens with zero attached hydrogens (tertiary/aromatic N) is 3. The molecule has 0 bridgehead atoms. The Morgan fingerprint density at radius 1 is 0.283 bits per heavy atom. The molecule has 60 heavy (non-hydrogen) atoms. The van der Waals surface area contributed by atoms with Crippen LogP contribution in [-0.4, -0.2) is 15.0 Å². The Balaban J connectivity index is 1.09. The van der Waals surface area contributed by atoms with Crippen LogP contribution in [0.2, 0.25) is 0 Å². The van der Waals surface area contributed by atoms with E-state index in [2.05, 4.69) is 199 Å². The summed E-state index contributed by atoms with van der Waals surface area (Å²) in [5, 5.41) is 14.8. The van der Waals surface area contributed by atoms with Gasteiger partial charge in [-0.05, 0) is 112 Å². The van der Waals surface area contributed by atoms with Crippen molar-refractivity contribution in [1.82, 2.24) is 15.0 Å². The predicted molar refractivity (Wildman–Crippen MR) is 252 cm³/mol. The number of fused-ring (bicyclic) bond motifs is 11. The van der Waals surface area contributed by atoms with E-state index in [-0.39, 0.29) is 0 Å². The molecule has 2 aromatic heterocycles. The molecule has 0 aliphatic heterocycles. The van der Waals surface area contributed by atoms with Gasteiger partial charge >= 0.3 is 0 Å². The molecule has 0 saturated carbocycles. The number of aromatic nitrogens is 3. The minimum absolute atomic E-state index is 0.678. The van der Waals surface area contributed by atoms with E-state index in [4.69, 9.17) is 9.97 Å². The van der Waals surface area contributed by atoms with E-state index in [0.29, 0.717) is 5.82 Å². The minimum atomic E-state index is 0.678. The summed E-state index contributed by atoms with van der Waals surface area (Å²) in [6, 6.07) is 72.0. The normalized spacial score (nSPS) is 11.7. The zero-order valence-electron chi connectivity index (χ0n) is 32.5. The highest BCUT2D eigenvalue weighted by molar-refractivity contribution is 6.33. The van der Waals surface area contributed by atoms with Crippen LogP contribution in [0.4, 0.5) is 0 Å². The Hall–Kier alpha value is -8.01. The van der Waals surface area contributed by atoms with Gasteiger partial charge < -0.3 is 0 Å². The molecular weight excluding hydrogens is 727 g/mol. The Morgan fingerprint density at radius 2 is 0.817 bits per heavy atom. The molecule has 12 aromatic rings. The van der Waals surface area contributed by atoms with Gasteiger partial charge in [-0.2, -0.15) is 0 Å². The number of rotatable bonds is 5. The summed E-state index contributed by atoms with van der Waals surface area (Å²) in [6.45, 7) is 0. The summed E-state index contributed by atoms with van der Waals surface area (Å²) in [5.74, 6) is 0.678. The van der Waals surface area contributed by atoms with Crippen molar-refractivity contribution in [3.8, 4) is 56.2 Å². The Bertz CT molecular complexity index is 3650. The van der Waals surface area contributed by atoms with Gasteiger partial charge in [0.25, 0.3) is 0 Å². The molecule has 0 spiro atoms. The average Bonchev–Trinajstić information content (AvgIpc) is 3.33. The van der Waals surface area contributed by atoms with Crippen molar-refractivity contribution in [2.75, 3.05) is 0 Å². The largest absolute Gasteiger partial charge is 0.264 e. The van der Waals surface area contributed by atoms with Gasteiger partial charge in [0.05, 0.1) is 11.4 Å². The maximum absolute atomic E-state index is 5.45. The van der Waals surface area contributed by atoms with Crippen LogP contribution in [0.25, 0.3) is 121 Å². The number of benzene rings is 10. The van der Waals surface area contributed by atoms with E-state index in [1.165, 1.54) is 64.8 Å². The lowest BCUT2D eigenvalue weighted by Crippen LogP contribution is -1.97. The van der Waals surface area contributed by atoms with Crippen molar-refractivity contribution in [3.05, 3.63) is 213 Å². The summed E-state index contributed by atoms with van der Waals surface area (Å²) in [4.78, 5) is 15.2. The minimum Gasteiger partial charge on any atom is -0.264 e. The second kappa shape index (κ2) is 13.8. The van der Waals surface area contributed by atoms with Crippen LogP contribution >= 0.6 is 0 Å². The van der Waals surface area contributed by atoms with Crippen LogP contribution in [-0.2, 0) is 0 Å². The lowest BCUT2D eigenvalue weighted by molar-refractivity contribution is 1.19. The molecule has 0 N–H and O–H groups in total. The lowest BCUT2D eigenvalue weighted by Gasteiger charge is -2.17. The summed E-state index contributed by atoms with van der Waals surface area (Å²) in [6.07, 6.45) is 3.72. The smallest absolute Gasteiger partial charge is 0.160 e. The van der Waals surface area contributed by atoms with Crippen molar-refractivity contribution < 1.29 is 0 Å². The predicted octanol–water partition coefficient (Wildman–Crippen LogP) is 15.1. The van der Waals surface area contributed by atoms with E-state index >= 15 is 0 Å². The summed E-state index contributed by atoms with van der Waals surface area (Å²) in [5.41, 5.74) is 9.29. The van der Waals surface area contributed by atoms with Crippen LogP contribution in [0.15, 0.2) is 213 Å². The fourth-order valence-electron chi connectivity index (χ4n) is 9.32. The summed E-state index contributed by atoms with van der Waals surface area (Å²) in [7, 11) is 0. The first-order valence-corrected chi connectivity index (χ1v) is 20.4. The fraction of sp³-hybridized carbons (Fsp3) is 0. The van der Waals surface area contributed by atoms with Gasteiger partial charge in [-0.1, -0.05) is 170 Å². The van der Waals surface area contributed by atoms with Crippen molar-refractivity contribution in [2.45, 2.75) is 0 Å². The molecule has 10 aromatic carbocycles. The first-order valence-electron chi connectivity index (χ1n) is 20.4. The third-order valence-electron chi connectivity index (χ3n) is 12.1. The molecule has 0 fully saturated rings. The Kier molecular flexibility index (Phi) is 7.85. The SMILES string of the molecule is c1cncc(-c2cccc(-c3cc(-c4cc5c6ccccc6c6ccccc6c5c5ccccc45)nc(-c4ccc(-c5cc6ccccc6c6ccccc56)cc4)n3)c2)c1. The standard InChI is InChI=1S/C57H35N3/c1-2-17-42-39(13-1)32-51(46-21-5-3-18-43(42)46)36-26-28-37(29-27-36)57-59-54(40-15-11-14-38(31-40)41-16-12-30-58-35-41)34-55(60-57)52-33-53-47-22-6-4-19-44(47)45-20-7-9-24-49(45)56(53)50-25-10-8-23-48(50)52/h1-35H. The number of hydrogen-bond donors (Lipinski definition) is 0. The van der Waals surface area contributed by atoms with Crippen molar-refractivity contribution in [2.24, 2.45) is 0 Å². The van der Waals surface area contributed by atoms with Crippen LogP contribution in [0.1, 0.15) is 0 Å². The number of pyridine rings is 1. The maximum atomic E-state index is 5.45. The highest BCUT2D eigenvalue weighted by Crippen LogP contribution is 2.43. The molecule has 0 radical (unpaired) electrons. The molecule has 0 unspecified atom stereocenters. The molecule has 3 heteroatoms. The van der Waals surface area contributed by atoms with Crippen LogP contribution in [0.5, 0.6) is 0 Å². The highest BCUT2D eigenvalue weighted by atomic mass is 14.9. The van der Waals surface area contributed by atoms with Gasteiger partial charge in [-0.3, -0.25) is 4.98 Å². The van der Waals surface area contributed by atoms with Crippen molar-refractivity contribution >= 4 is 64.6 Å². The molecule has 0 saturated heterocycles. The van der Waals surface area contributed by atoms with Crippen molar-refractivity contribution in [3.63, 3.8) is 0 Å². The lowest BCUT2D eigenvalue weighted by atomic mass is 9.88. The molecule has 12 rings (SSSR count). The Morgan fingerprint density at radius 3 is 1.53 bits per heavy atom. The second-order valence-electron chi connectivity index (χ2n) is 15.5. The van der Waals surface area contributed by atoms with Crippen LogP contribution in [0.3, 0.4) is 0 Å². The van der Waals surface area contributed by atoms with E-state index in [9.17, 15) is 0 Å². The molecule has 0 atom stereocenters. The molecule has 0 amide bonds. The first-order chi connectivity index (χ1) is 29.7. The highest BCUT2D eigenvalue weighted by Gasteiger charge is 2.18. The summed E-state index contributed by atoms with van der Waals surface area (Å²) >= 11 is 0. The quantitative estimate of drug-likeness (QED) is 0.164. The third-order valence-corrected chi connectivity index (χ3v) is 12.1. The van der Waals surface area contributed by atoms with Gasteiger partial charge in [-0.25, -0.2) is 9.97 Å². The number of hydrogen-bond acceptors (Lipinski definition) is 3. The molecule has 0 aliphatic carbocycles. The zero-order chi connectivity index (χ0) is 39.6. The maximum Gasteiger partial charge on any atom is 0.160 e. The van der Waals surface area contributed by atoms with Gasteiger partial charge in [0.15, 0.2) is 5.82 Å². The molecular formula is C57H35N3. The van der Waals surface area contributed by atoms with Crippen LogP contribution < -0.4 is 0 Å². The van der Waals surface area contributed by atoms with E-state index in [1.807, 2.05) is 18.5 Å². The van der Waals surface area contributed by atoms with E-state index in [1.54, 1.807) is 0 Å². The second-order valence-corrected chi connectivity index (χ2v) is 15.5. The monoisotopic (exact) mass is 761 g/mol. The van der Waals surface area contributed by atoms with E-state index in [0.717, 1.165) is 50.2 Å². The zero-order valence-corrected chi connectivity index (χ0v) is 32.5. The van der Waals surface area contributed by atoms with Crippen LogP contribution in [0, 0.1) is 0 Å². The molecule has 2 heterocycles. The van der Waals surface area contributed by atoms with E-state index < -0.39 is 0 Å². The van der Waals surface area contributed by atoms with Gasteiger partial charge in [0.2, 0.25) is 0 Å². The Labute approximate surface area is 346 Å². The van der Waals surface area contributed by atoms with Gasteiger partial charge in [0, 0.05) is 34.6 Å². The third kappa shape index (κ3) is 5.55. The average molecular weight is 762 g/mol. The van der Waals surface area contributed by atoms with Crippen molar-refractivity contribution in [1.29, 1.82) is 0 Å². The topological polar surface area (TPSA) is 38.7 Å². The van der Waals surface area contributed by atoms with Gasteiger partial charge in [0.1, 0.15) is 0 Å². The molecule has 278 valence electrons. The first kappa shape index (κ1) is 34.1. The summed E-state index contributed by atoms with van der Waals surface area (Å²) < 4.78 is 0. The molecule has 3 nitrogen and oxygen atoms in total. The fourth-order valence-corrected chi connectivity index (χ4v) is 9.32. The molecule has 0 aliphatic rings.